The van der Waals surface area contributed by atoms with Crippen molar-refractivity contribution < 1.29 is 4.79 Å². The van der Waals surface area contributed by atoms with Gasteiger partial charge in [0, 0.05) is 12.4 Å². The van der Waals surface area contributed by atoms with E-state index >= 15 is 0 Å². The summed E-state index contributed by atoms with van der Waals surface area (Å²) < 4.78 is 0. The smallest absolute Gasteiger partial charge is 0.253 e. The van der Waals surface area contributed by atoms with Crippen LogP contribution < -0.4 is 5.32 Å². The lowest BCUT2D eigenvalue weighted by Gasteiger charge is -2.16. The van der Waals surface area contributed by atoms with Gasteiger partial charge in [-0.3, -0.25) is 9.78 Å². The molecule has 0 saturated heterocycles. The summed E-state index contributed by atoms with van der Waals surface area (Å²) in [5.74, 6) is 0.473. The first-order valence-corrected chi connectivity index (χ1v) is 7.42. The second kappa shape index (κ2) is 7.02. The van der Waals surface area contributed by atoms with Crippen LogP contribution in [0.2, 0.25) is 0 Å². The molecule has 2 aromatic rings. The molecule has 0 aliphatic heterocycles. The maximum atomic E-state index is 12.1. The monoisotopic (exact) mass is 282 g/mol. The highest BCUT2D eigenvalue weighted by Gasteiger charge is 2.12. The molecule has 1 N–H and O–H groups in total. The van der Waals surface area contributed by atoms with Gasteiger partial charge in [-0.05, 0) is 42.5 Å². The predicted molar refractivity (Wildman–Crippen MR) is 85.3 cm³/mol. The van der Waals surface area contributed by atoms with E-state index < -0.39 is 0 Å². The van der Waals surface area contributed by atoms with Gasteiger partial charge in [0.15, 0.2) is 0 Å². The number of hydrogen-bond donors (Lipinski definition) is 1. The average molecular weight is 282 g/mol. The molecule has 0 aliphatic carbocycles. The number of carbonyl (C=O) groups is 1. The fraction of sp³-hybridized carbons (Fsp3) is 0.333. The molecular formula is C18H22N2O. The Morgan fingerprint density at radius 2 is 1.81 bits per heavy atom. The first kappa shape index (κ1) is 15.2. The first-order chi connectivity index (χ1) is 10.1. The number of nitrogens with one attached hydrogen (secondary N) is 1. The summed E-state index contributed by atoms with van der Waals surface area (Å²) in [4.78, 5) is 16.1. The number of rotatable bonds is 5. The Morgan fingerprint density at radius 1 is 1.14 bits per heavy atom. The molecule has 1 heterocycles. The third kappa shape index (κ3) is 3.91. The van der Waals surface area contributed by atoms with Gasteiger partial charge in [-0.1, -0.05) is 38.1 Å². The SMILES string of the molecule is CCC(C)c1ccc(C(C)NC(=O)c2cccnc2)cc1. The normalized spacial score (nSPS) is 13.5. The standard InChI is InChI=1S/C18H22N2O/c1-4-13(2)15-7-9-16(10-8-15)14(3)20-18(21)17-6-5-11-19-12-17/h5-14H,4H2,1-3H3,(H,20,21). The summed E-state index contributed by atoms with van der Waals surface area (Å²) >= 11 is 0. The Balaban J connectivity index is 2.03. The van der Waals surface area contributed by atoms with Gasteiger partial charge in [-0.15, -0.1) is 0 Å². The first-order valence-electron chi connectivity index (χ1n) is 7.42. The number of benzene rings is 1. The molecule has 1 aromatic carbocycles. The minimum absolute atomic E-state index is 0.0244. The number of carbonyl (C=O) groups excluding carboxylic acids is 1. The Hall–Kier alpha value is -2.16. The highest BCUT2D eigenvalue weighted by molar-refractivity contribution is 5.94. The number of nitrogens with zero attached hydrogens (tertiary/aromatic N) is 1. The van der Waals surface area contributed by atoms with E-state index in [9.17, 15) is 4.79 Å². The van der Waals surface area contributed by atoms with Gasteiger partial charge >= 0.3 is 0 Å². The maximum absolute atomic E-state index is 12.1. The van der Waals surface area contributed by atoms with Crippen molar-refractivity contribution in [3.8, 4) is 0 Å². The molecule has 110 valence electrons. The number of amides is 1. The number of pyridine rings is 1. The molecule has 2 atom stereocenters. The van der Waals surface area contributed by atoms with E-state index in [1.54, 1.807) is 24.5 Å². The van der Waals surface area contributed by atoms with Crippen molar-refractivity contribution in [2.24, 2.45) is 0 Å². The molecule has 2 rings (SSSR count). The van der Waals surface area contributed by atoms with Crippen LogP contribution in [0.15, 0.2) is 48.8 Å². The van der Waals surface area contributed by atoms with E-state index in [4.69, 9.17) is 0 Å². The van der Waals surface area contributed by atoms with Gasteiger partial charge in [-0.25, -0.2) is 0 Å². The predicted octanol–water partition coefficient (Wildman–Crippen LogP) is 4.09. The Labute approximate surface area is 126 Å². The van der Waals surface area contributed by atoms with Crippen LogP contribution in [0.5, 0.6) is 0 Å². The van der Waals surface area contributed by atoms with Gasteiger partial charge in [0.1, 0.15) is 0 Å². The van der Waals surface area contributed by atoms with Gasteiger partial charge in [0.2, 0.25) is 0 Å². The summed E-state index contributed by atoms with van der Waals surface area (Å²) in [7, 11) is 0. The molecular weight excluding hydrogens is 260 g/mol. The van der Waals surface area contributed by atoms with Gasteiger partial charge in [0.05, 0.1) is 11.6 Å². The highest BCUT2D eigenvalue weighted by Crippen LogP contribution is 2.21. The zero-order valence-electron chi connectivity index (χ0n) is 12.8. The second-order valence-corrected chi connectivity index (χ2v) is 5.41. The minimum atomic E-state index is -0.0957. The summed E-state index contributed by atoms with van der Waals surface area (Å²) in [6, 6.07) is 12.0. The van der Waals surface area contributed by atoms with Crippen molar-refractivity contribution in [2.75, 3.05) is 0 Å². The van der Waals surface area contributed by atoms with Gasteiger partial charge in [-0.2, -0.15) is 0 Å². The van der Waals surface area contributed by atoms with Crippen molar-refractivity contribution in [3.63, 3.8) is 0 Å². The van der Waals surface area contributed by atoms with E-state index in [0.29, 0.717) is 11.5 Å². The Morgan fingerprint density at radius 3 is 2.38 bits per heavy atom. The summed E-state index contributed by atoms with van der Waals surface area (Å²) in [5.41, 5.74) is 3.03. The molecule has 1 aromatic heterocycles. The van der Waals surface area contributed by atoms with Crippen LogP contribution in [0, 0.1) is 0 Å². The molecule has 0 radical (unpaired) electrons. The largest absolute Gasteiger partial charge is 0.345 e. The van der Waals surface area contributed by atoms with Crippen LogP contribution in [0.25, 0.3) is 0 Å². The van der Waals surface area contributed by atoms with Crippen molar-refractivity contribution in [2.45, 2.75) is 39.2 Å². The lowest BCUT2D eigenvalue weighted by atomic mass is 9.96. The fourth-order valence-corrected chi connectivity index (χ4v) is 2.21. The van der Waals surface area contributed by atoms with Crippen LogP contribution >= 0.6 is 0 Å². The van der Waals surface area contributed by atoms with Crippen LogP contribution in [-0.2, 0) is 0 Å². The van der Waals surface area contributed by atoms with E-state index in [2.05, 4.69) is 48.4 Å². The lowest BCUT2D eigenvalue weighted by Crippen LogP contribution is -2.26. The molecule has 0 aliphatic rings. The number of hydrogen-bond acceptors (Lipinski definition) is 2. The van der Waals surface area contributed by atoms with Crippen LogP contribution in [0.1, 0.15) is 60.6 Å². The van der Waals surface area contributed by atoms with E-state index in [-0.39, 0.29) is 11.9 Å². The second-order valence-electron chi connectivity index (χ2n) is 5.41. The zero-order chi connectivity index (χ0) is 15.2. The minimum Gasteiger partial charge on any atom is -0.345 e. The van der Waals surface area contributed by atoms with E-state index in [1.165, 1.54) is 5.56 Å². The summed E-state index contributed by atoms with van der Waals surface area (Å²) in [6.45, 7) is 6.41. The quantitative estimate of drug-likeness (QED) is 0.897. The lowest BCUT2D eigenvalue weighted by molar-refractivity contribution is 0.0939. The third-order valence-electron chi connectivity index (χ3n) is 3.89. The fourth-order valence-electron chi connectivity index (χ4n) is 2.21. The summed E-state index contributed by atoms with van der Waals surface area (Å²) in [6.07, 6.45) is 4.37. The molecule has 3 nitrogen and oxygen atoms in total. The summed E-state index contributed by atoms with van der Waals surface area (Å²) in [5, 5.41) is 3.00. The van der Waals surface area contributed by atoms with Crippen molar-refractivity contribution >= 4 is 5.91 Å². The van der Waals surface area contributed by atoms with Crippen LogP contribution in [-0.4, -0.2) is 10.9 Å². The van der Waals surface area contributed by atoms with Crippen molar-refractivity contribution in [3.05, 3.63) is 65.5 Å². The molecule has 0 saturated carbocycles. The molecule has 2 unspecified atom stereocenters. The molecule has 21 heavy (non-hydrogen) atoms. The zero-order valence-corrected chi connectivity index (χ0v) is 12.8. The number of aromatic nitrogens is 1. The average Bonchev–Trinajstić information content (AvgIpc) is 2.55. The van der Waals surface area contributed by atoms with Gasteiger partial charge < -0.3 is 5.32 Å². The topological polar surface area (TPSA) is 42.0 Å². The van der Waals surface area contributed by atoms with Gasteiger partial charge in [0.25, 0.3) is 5.91 Å². The van der Waals surface area contributed by atoms with Crippen molar-refractivity contribution in [1.29, 1.82) is 0 Å². The molecule has 0 spiro atoms. The highest BCUT2D eigenvalue weighted by atomic mass is 16.1. The molecule has 3 heteroatoms. The molecule has 1 amide bonds. The Bertz CT molecular complexity index is 578. The van der Waals surface area contributed by atoms with E-state index in [0.717, 1.165) is 12.0 Å². The van der Waals surface area contributed by atoms with Crippen LogP contribution in [0.4, 0.5) is 0 Å². The molecule has 0 fully saturated rings. The molecule has 0 bridgehead atoms. The maximum Gasteiger partial charge on any atom is 0.253 e. The van der Waals surface area contributed by atoms with E-state index in [1.807, 2.05) is 6.92 Å². The Kier molecular flexibility index (Phi) is 5.09. The van der Waals surface area contributed by atoms with Crippen LogP contribution in [0.3, 0.4) is 0 Å². The third-order valence-corrected chi connectivity index (χ3v) is 3.89. The van der Waals surface area contributed by atoms with Crippen molar-refractivity contribution in [1.82, 2.24) is 10.3 Å².